The molecule has 3 heterocycles. The van der Waals surface area contributed by atoms with E-state index >= 15 is 0 Å². The second kappa shape index (κ2) is 9.45. The van der Waals surface area contributed by atoms with E-state index in [0.717, 1.165) is 24.0 Å². The van der Waals surface area contributed by atoms with Crippen LogP contribution in [0.15, 0.2) is 71.4 Å². The molecule has 1 aliphatic carbocycles. The highest BCUT2D eigenvalue weighted by atomic mass is 16.3. The van der Waals surface area contributed by atoms with E-state index in [0.29, 0.717) is 61.0 Å². The highest BCUT2D eigenvalue weighted by Gasteiger charge is 2.35. The van der Waals surface area contributed by atoms with Crippen molar-refractivity contribution >= 4 is 28.7 Å². The van der Waals surface area contributed by atoms with Crippen LogP contribution in [0.1, 0.15) is 28.8 Å². The van der Waals surface area contributed by atoms with Gasteiger partial charge in [0.05, 0.1) is 0 Å². The van der Waals surface area contributed by atoms with Crippen molar-refractivity contribution in [2.24, 2.45) is 5.92 Å². The lowest BCUT2D eigenvalue weighted by Crippen LogP contribution is -2.51. The van der Waals surface area contributed by atoms with Gasteiger partial charge in [-0.2, -0.15) is 0 Å². The van der Waals surface area contributed by atoms with Crippen LogP contribution in [-0.4, -0.2) is 57.8 Å². The monoisotopic (exact) mass is 481 g/mol. The topological polar surface area (TPSA) is 91.6 Å². The standard InChI is InChI=1S/C28H27N5O3/c34-27(32-12-14-33(15-13-32)28(35)22-10-11-22)21-8-6-20(7-9-21)24-16-23-25(36-24)26(31-18-30-23)29-17-19-4-2-1-3-5-19/h1-9,16,18,22H,10-15,17H2,(H,29,30,31). The Kier molecular flexibility index (Phi) is 5.85. The van der Waals surface area contributed by atoms with Gasteiger partial charge < -0.3 is 19.5 Å². The lowest BCUT2D eigenvalue weighted by molar-refractivity contribution is -0.134. The van der Waals surface area contributed by atoms with Crippen molar-refractivity contribution in [3.8, 4) is 11.3 Å². The molecule has 1 N–H and O–H groups in total. The van der Waals surface area contributed by atoms with Crippen LogP contribution in [0, 0.1) is 5.92 Å². The molecule has 0 bridgehead atoms. The van der Waals surface area contributed by atoms with E-state index in [2.05, 4.69) is 27.4 Å². The van der Waals surface area contributed by atoms with E-state index in [-0.39, 0.29) is 17.7 Å². The molecule has 4 aromatic rings. The molecule has 2 aromatic carbocycles. The summed E-state index contributed by atoms with van der Waals surface area (Å²) in [6, 6.07) is 19.4. The number of carbonyl (C=O) groups is 2. The average Bonchev–Trinajstić information content (AvgIpc) is 3.70. The zero-order valence-electron chi connectivity index (χ0n) is 19.9. The average molecular weight is 482 g/mol. The highest BCUT2D eigenvalue weighted by Crippen LogP contribution is 2.32. The summed E-state index contributed by atoms with van der Waals surface area (Å²) in [6.07, 6.45) is 3.54. The number of rotatable bonds is 6. The van der Waals surface area contributed by atoms with Crippen molar-refractivity contribution in [1.82, 2.24) is 19.8 Å². The number of piperazine rings is 1. The van der Waals surface area contributed by atoms with Crippen LogP contribution < -0.4 is 5.32 Å². The van der Waals surface area contributed by atoms with E-state index in [4.69, 9.17) is 4.42 Å². The van der Waals surface area contributed by atoms with Crippen molar-refractivity contribution < 1.29 is 14.0 Å². The molecule has 1 aliphatic heterocycles. The number of benzene rings is 2. The van der Waals surface area contributed by atoms with E-state index in [1.165, 1.54) is 6.33 Å². The number of nitrogens with zero attached hydrogens (tertiary/aromatic N) is 4. The fourth-order valence-electron chi connectivity index (χ4n) is 4.58. The fourth-order valence-corrected chi connectivity index (χ4v) is 4.58. The highest BCUT2D eigenvalue weighted by molar-refractivity contribution is 5.95. The Morgan fingerprint density at radius 2 is 1.64 bits per heavy atom. The Labute approximate surface area is 208 Å². The minimum Gasteiger partial charge on any atom is -0.450 e. The van der Waals surface area contributed by atoms with Gasteiger partial charge in [0.25, 0.3) is 5.91 Å². The number of hydrogen-bond donors (Lipinski definition) is 1. The van der Waals surface area contributed by atoms with Gasteiger partial charge in [0.2, 0.25) is 5.91 Å². The van der Waals surface area contributed by atoms with Crippen LogP contribution in [-0.2, 0) is 11.3 Å². The van der Waals surface area contributed by atoms with Crippen molar-refractivity contribution in [1.29, 1.82) is 0 Å². The maximum atomic E-state index is 13.0. The number of nitrogens with one attached hydrogen (secondary N) is 1. The molecule has 2 amide bonds. The fraction of sp³-hybridized carbons (Fsp3) is 0.286. The maximum Gasteiger partial charge on any atom is 0.253 e. The van der Waals surface area contributed by atoms with Gasteiger partial charge in [0.15, 0.2) is 11.4 Å². The molecule has 2 aliphatic rings. The summed E-state index contributed by atoms with van der Waals surface area (Å²) in [5, 5.41) is 3.33. The van der Waals surface area contributed by atoms with Crippen LogP contribution in [0.25, 0.3) is 22.4 Å². The summed E-state index contributed by atoms with van der Waals surface area (Å²) in [5.74, 6) is 1.77. The molecule has 182 valence electrons. The molecule has 2 fully saturated rings. The molecule has 1 saturated carbocycles. The summed E-state index contributed by atoms with van der Waals surface area (Å²) in [6.45, 7) is 2.99. The number of amides is 2. The molecule has 6 rings (SSSR count). The largest absolute Gasteiger partial charge is 0.450 e. The molecular weight excluding hydrogens is 454 g/mol. The first kappa shape index (κ1) is 22.3. The molecule has 1 saturated heterocycles. The number of fused-ring (bicyclic) bond motifs is 1. The first-order valence-electron chi connectivity index (χ1n) is 12.4. The summed E-state index contributed by atoms with van der Waals surface area (Å²) in [5.41, 5.74) is 3.95. The van der Waals surface area contributed by atoms with Crippen molar-refractivity contribution in [3.05, 3.63) is 78.1 Å². The van der Waals surface area contributed by atoms with Gasteiger partial charge >= 0.3 is 0 Å². The lowest BCUT2D eigenvalue weighted by Gasteiger charge is -2.35. The Bertz CT molecular complexity index is 1390. The van der Waals surface area contributed by atoms with E-state index in [9.17, 15) is 9.59 Å². The van der Waals surface area contributed by atoms with E-state index < -0.39 is 0 Å². The van der Waals surface area contributed by atoms with Crippen LogP contribution in [0.5, 0.6) is 0 Å². The van der Waals surface area contributed by atoms with Crippen LogP contribution >= 0.6 is 0 Å². The molecule has 0 radical (unpaired) electrons. The SMILES string of the molecule is O=C(c1ccc(-c2cc3ncnc(NCc4ccccc4)c3o2)cc1)N1CCN(C(=O)C2CC2)CC1. The zero-order chi connectivity index (χ0) is 24.5. The van der Waals surface area contributed by atoms with Gasteiger partial charge in [0, 0.05) is 55.8 Å². The predicted octanol–water partition coefficient (Wildman–Crippen LogP) is 4.20. The van der Waals surface area contributed by atoms with Crippen molar-refractivity contribution in [2.75, 3.05) is 31.5 Å². The van der Waals surface area contributed by atoms with Crippen LogP contribution in [0.2, 0.25) is 0 Å². The van der Waals surface area contributed by atoms with E-state index in [1.807, 2.05) is 58.3 Å². The molecule has 0 atom stereocenters. The van der Waals surface area contributed by atoms with Gasteiger partial charge in [-0.3, -0.25) is 9.59 Å². The normalized spacial score (nSPS) is 15.8. The Balaban J connectivity index is 1.13. The molecule has 0 unspecified atom stereocenters. The first-order chi connectivity index (χ1) is 17.7. The predicted molar refractivity (Wildman–Crippen MR) is 136 cm³/mol. The quantitative estimate of drug-likeness (QED) is 0.444. The number of furan rings is 1. The Morgan fingerprint density at radius 3 is 2.36 bits per heavy atom. The van der Waals surface area contributed by atoms with E-state index in [1.54, 1.807) is 0 Å². The summed E-state index contributed by atoms with van der Waals surface area (Å²) in [7, 11) is 0. The molecule has 2 aromatic heterocycles. The third-order valence-corrected chi connectivity index (χ3v) is 6.84. The Hall–Kier alpha value is -4.20. The molecule has 8 nitrogen and oxygen atoms in total. The number of anilines is 1. The third kappa shape index (κ3) is 4.54. The van der Waals surface area contributed by atoms with Crippen LogP contribution in [0.3, 0.4) is 0 Å². The van der Waals surface area contributed by atoms with Crippen LogP contribution in [0.4, 0.5) is 5.82 Å². The molecular formula is C28H27N5O3. The van der Waals surface area contributed by atoms with Gasteiger partial charge in [0.1, 0.15) is 17.6 Å². The van der Waals surface area contributed by atoms with Gasteiger partial charge in [-0.1, -0.05) is 42.5 Å². The number of hydrogen-bond acceptors (Lipinski definition) is 6. The van der Waals surface area contributed by atoms with Gasteiger partial charge in [-0.15, -0.1) is 0 Å². The summed E-state index contributed by atoms with van der Waals surface area (Å²) in [4.78, 5) is 37.7. The summed E-state index contributed by atoms with van der Waals surface area (Å²) >= 11 is 0. The summed E-state index contributed by atoms with van der Waals surface area (Å²) < 4.78 is 6.13. The Morgan fingerprint density at radius 1 is 0.917 bits per heavy atom. The molecule has 0 spiro atoms. The third-order valence-electron chi connectivity index (χ3n) is 6.84. The molecule has 36 heavy (non-hydrogen) atoms. The minimum absolute atomic E-state index is 0.0112. The smallest absolute Gasteiger partial charge is 0.253 e. The second-order valence-electron chi connectivity index (χ2n) is 9.36. The molecule has 8 heteroatoms. The number of aromatic nitrogens is 2. The van der Waals surface area contributed by atoms with Crippen molar-refractivity contribution in [3.63, 3.8) is 0 Å². The zero-order valence-corrected chi connectivity index (χ0v) is 19.9. The number of carbonyl (C=O) groups excluding carboxylic acids is 2. The van der Waals surface area contributed by atoms with Crippen molar-refractivity contribution in [2.45, 2.75) is 19.4 Å². The van der Waals surface area contributed by atoms with Gasteiger partial charge in [-0.05, 0) is 30.5 Å². The second-order valence-corrected chi connectivity index (χ2v) is 9.36. The van der Waals surface area contributed by atoms with Gasteiger partial charge in [-0.25, -0.2) is 9.97 Å². The lowest BCUT2D eigenvalue weighted by atomic mass is 10.1. The minimum atomic E-state index is -0.0112. The maximum absolute atomic E-state index is 13.0. The first-order valence-corrected chi connectivity index (χ1v) is 12.4.